The zero-order valence-electron chi connectivity index (χ0n) is 14.7. The first-order chi connectivity index (χ1) is 13.6. The number of aromatic amines is 1. The predicted molar refractivity (Wildman–Crippen MR) is 99.1 cm³/mol. The first kappa shape index (κ1) is 16.1. The van der Waals surface area contributed by atoms with E-state index in [-0.39, 0.29) is 5.91 Å². The highest BCUT2D eigenvalue weighted by atomic mass is 16.2. The molecule has 10 nitrogen and oxygen atoms in total. The summed E-state index contributed by atoms with van der Waals surface area (Å²) in [7, 11) is 1.69. The third-order valence-corrected chi connectivity index (χ3v) is 4.63. The number of urea groups is 1. The molecule has 2 N–H and O–H groups in total. The van der Waals surface area contributed by atoms with Gasteiger partial charge in [0.25, 0.3) is 5.91 Å². The molecule has 138 valence electrons. The molecular formula is C18H14N8O2. The molecule has 2 aromatic heterocycles. The molecule has 5 rings (SSSR count). The molecule has 0 aliphatic carbocycles. The van der Waals surface area contributed by atoms with E-state index < -0.39 is 12.1 Å². The van der Waals surface area contributed by atoms with Gasteiger partial charge in [-0.2, -0.15) is 4.80 Å². The van der Waals surface area contributed by atoms with Crippen molar-refractivity contribution in [2.24, 2.45) is 7.05 Å². The van der Waals surface area contributed by atoms with Crippen LogP contribution < -0.4 is 10.2 Å². The number of hydrogen-bond acceptors (Lipinski definition) is 6. The molecule has 28 heavy (non-hydrogen) atoms. The number of rotatable bonds is 3. The van der Waals surface area contributed by atoms with Crippen LogP contribution in [-0.2, 0) is 11.8 Å². The molecule has 1 fully saturated rings. The summed E-state index contributed by atoms with van der Waals surface area (Å²) in [5.41, 5.74) is 3.61. The SMILES string of the molecule is Cn1nnc(-c2ccc(C3C(=O)NC(=O)N3c3ccc4[nH]cnc4c3)cc2)n1. The van der Waals surface area contributed by atoms with Crippen molar-refractivity contribution in [1.82, 2.24) is 35.5 Å². The summed E-state index contributed by atoms with van der Waals surface area (Å²) in [6.45, 7) is 0. The number of H-pyrrole nitrogens is 1. The van der Waals surface area contributed by atoms with Crippen molar-refractivity contribution in [2.45, 2.75) is 6.04 Å². The number of amides is 3. The van der Waals surface area contributed by atoms with E-state index in [1.807, 2.05) is 6.07 Å². The molecule has 4 aromatic rings. The fourth-order valence-electron chi connectivity index (χ4n) is 3.32. The molecule has 1 aliphatic heterocycles. The van der Waals surface area contributed by atoms with Crippen LogP contribution in [-0.4, -0.2) is 42.1 Å². The standard InChI is InChI=1S/C18H14N8O2/c1-25-23-16(22-24-25)11-4-2-10(3-5-11)15-17(27)21-18(28)26(15)12-6-7-13-14(8-12)20-9-19-13/h2-9,15H,1H3,(H,19,20)(H,21,27,28). The number of carbonyl (C=O) groups is 2. The number of nitrogens with one attached hydrogen (secondary N) is 2. The van der Waals surface area contributed by atoms with E-state index in [0.29, 0.717) is 22.6 Å². The molecule has 3 heterocycles. The number of tetrazole rings is 1. The summed E-state index contributed by atoms with van der Waals surface area (Å²) in [4.78, 5) is 35.0. The maximum Gasteiger partial charge on any atom is 0.329 e. The van der Waals surface area contributed by atoms with E-state index in [2.05, 4.69) is 30.7 Å². The van der Waals surface area contributed by atoms with Gasteiger partial charge in [-0.3, -0.25) is 15.0 Å². The van der Waals surface area contributed by atoms with Crippen LogP contribution in [0.3, 0.4) is 0 Å². The van der Waals surface area contributed by atoms with Gasteiger partial charge in [-0.25, -0.2) is 9.78 Å². The largest absolute Gasteiger partial charge is 0.345 e. The molecular weight excluding hydrogens is 360 g/mol. The number of aromatic nitrogens is 6. The lowest BCUT2D eigenvalue weighted by Gasteiger charge is -2.22. The Morgan fingerprint density at radius 2 is 1.89 bits per heavy atom. The summed E-state index contributed by atoms with van der Waals surface area (Å²) in [5, 5.41) is 14.3. The van der Waals surface area contributed by atoms with Gasteiger partial charge in [0.1, 0.15) is 6.04 Å². The Labute approximate surface area is 158 Å². The van der Waals surface area contributed by atoms with Crippen LogP contribution in [0.4, 0.5) is 10.5 Å². The first-order valence-corrected chi connectivity index (χ1v) is 8.52. The van der Waals surface area contributed by atoms with Crippen LogP contribution in [0.5, 0.6) is 0 Å². The topological polar surface area (TPSA) is 122 Å². The summed E-state index contributed by atoms with van der Waals surface area (Å²) < 4.78 is 0. The van der Waals surface area contributed by atoms with Crippen molar-refractivity contribution in [2.75, 3.05) is 4.90 Å². The minimum absolute atomic E-state index is 0.377. The van der Waals surface area contributed by atoms with Crippen LogP contribution in [0, 0.1) is 0 Å². The second-order valence-electron chi connectivity index (χ2n) is 6.40. The third-order valence-electron chi connectivity index (χ3n) is 4.63. The summed E-state index contributed by atoms with van der Waals surface area (Å²) in [6.07, 6.45) is 1.58. The number of imidazole rings is 1. The molecule has 0 spiro atoms. The molecule has 0 bridgehead atoms. The fourth-order valence-corrected chi connectivity index (χ4v) is 3.32. The average Bonchev–Trinajstić information content (AvgIpc) is 3.40. The summed E-state index contributed by atoms with van der Waals surface area (Å²) in [5.74, 6) is 0.111. The van der Waals surface area contributed by atoms with Crippen LogP contribution in [0.25, 0.3) is 22.4 Å². The normalized spacial score (nSPS) is 16.8. The van der Waals surface area contributed by atoms with Crippen LogP contribution >= 0.6 is 0 Å². The number of aryl methyl sites for hydroxylation is 1. The molecule has 0 saturated carbocycles. The van der Waals surface area contributed by atoms with Crippen molar-refractivity contribution in [3.8, 4) is 11.4 Å². The van der Waals surface area contributed by atoms with E-state index in [9.17, 15) is 9.59 Å². The van der Waals surface area contributed by atoms with E-state index in [1.165, 1.54) is 9.70 Å². The number of hydrogen-bond donors (Lipinski definition) is 2. The monoisotopic (exact) mass is 374 g/mol. The van der Waals surface area contributed by atoms with E-state index >= 15 is 0 Å². The number of nitrogens with zero attached hydrogens (tertiary/aromatic N) is 6. The van der Waals surface area contributed by atoms with Gasteiger partial charge in [-0.1, -0.05) is 24.3 Å². The Hall–Kier alpha value is -4.08. The number of carbonyl (C=O) groups excluding carboxylic acids is 2. The molecule has 1 aliphatic rings. The number of imide groups is 1. The van der Waals surface area contributed by atoms with Crippen molar-refractivity contribution in [3.63, 3.8) is 0 Å². The van der Waals surface area contributed by atoms with Crippen molar-refractivity contribution >= 4 is 28.7 Å². The summed E-state index contributed by atoms with van der Waals surface area (Å²) in [6, 6.07) is 11.3. The maximum absolute atomic E-state index is 12.5. The highest BCUT2D eigenvalue weighted by Gasteiger charge is 2.40. The molecule has 3 amide bonds. The Balaban J connectivity index is 1.53. The van der Waals surface area contributed by atoms with Gasteiger partial charge in [0.2, 0.25) is 5.82 Å². The Morgan fingerprint density at radius 3 is 2.64 bits per heavy atom. The number of fused-ring (bicyclic) bond motifs is 1. The Kier molecular flexibility index (Phi) is 3.44. The van der Waals surface area contributed by atoms with E-state index in [4.69, 9.17) is 0 Å². The van der Waals surface area contributed by atoms with Gasteiger partial charge in [0.05, 0.1) is 24.4 Å². The fraction of sp³-hybridized carbons (Fsp3) is 0.111. The third kappa shape index (κ3) is 2.50. The van der Waals surface area contributed by atoms with Gasteiger partial charge in [0.15, 0.2) is 0 Å². The molecule has 0 radical (unpaired) electrons. The van der Waals surface area contributed by atoms with Gasteiger partial charge in [-0.05, 0) is 29.0 Å². The smallest absolute Gasteiger partial charge is 0.329 e. The quantitative estimate of drug-likeness (QED) is 0.525. The van der Waals surface area contributed by atoms with E-state index in [1.54, 1.807) is 49.8 Å². The number of benzene rings is 2. The van der Waals surface area contributed by atoms with E-state index in [0.717, 1.165) is 11.1 Å². The van der Waals surface area contributed by atoms with Crippen LogP contribution in [0.1, 0.15) is 11.6 Å². The Bertz CT molecular complexity index is 1210. The average molecular weight is 374 g/mol. The maximum atomic E-state index is 12.5. The lowest BCUT2D eigenvalue weighted by molar-refractivity contribution is -0.119. The van der Waals surface area contributed by atoms with Crippen LogP contribution in [0.2, 0.25) is 0 Å². The van der Waals surface area contributed by atoms with Crippen molar-refractivity contribution in [1.29, 1.82) is 0 Å². The minimum atomic E-state index is -0.771. The highest BCUT2D eigenvalue weighted by Crippen LogP contribution is 2.33. The minimum Gasteiger partial charge on any atom is -0.345 e. The van der Waals surface area contributed by atoms with Gasteiger partial charge in [0, 0.05) is 11.3 Å². The first-order valence-electron chi connectivity index (χ1n) is 8.52. The van der Waals surface area contributed by atoms with Crippen molar-refractivity contribution in [3.05, 3.63) is 54.4 Å². The zero-order valence-corrected chi connectivity index (χ0v) is 14.7. The number of anilines is 1. The predicted octanol–water partition coefficient (Wildman–Crippen LogP) is 1.55. The molecule has 1 saturated heterocycles. The molecule has 2 aromatic carbocycles. The second-order valence-corrected chi connectivity index (χ2v) is 6.40. The van der Waals surface area contributed by atoms with Gasteiger partial charge < -0.3 is 4.98 Å². The lowest BCUT2D eigenvalue weighted by atomic mass is 10.0. The molecule has 10 heteroatoms. The highest BCUT2D eigenvalue weighted by molar-refractivity contribution is 6.14. The van der Waals surface area contributed by atoms with Crippen LogP contribution in [0.15, 0.2) is 48.8 Å². The molecule has 1 unspecified atom stereocenters. The zero-order chi connectivity index (χ0) is 19.3. The molecule has 1 atom stereocenters. The Morgan fingerprint density at radius 1 is 1.07 bits per heavy atom. The van der Waals surface area contributed by atoms with Gasteiger partial charge >= 0.3 is 6.03 Å². The summed E-state index contributed by atoms with van der Waals surface area (Å²) >= 11 is 0. The second kappa shape index (κ2) is 5.98. The van der Waals surface area contributed by atoms with Crippen molar-refractivity contribution < 1.29 is 9.59 Å². The lowest BCUT2D eigenvalue weighted by Crippen LogP contribution is -2.29. The van der Waals surface area contributed by atoms with Gasteiger partial charge in [-0.15, -0.1) is 10.2 Å².